The van der Waals surface area contributed by atoms with E-state index in [0.717, 1.165) is 84.5 Å². The number of allylic oxidation sites excluding steroid dienone is 1. The van der Waals surface area contributed by atoms with Crippen molar-refractivity contribution in [3.63, 3.8) is 0 Å². The molecule has 214 valence electrons. The number of ether oxygens (including phenoxy) is 1. The topological polar surface area (TPSA) is 32.7 Å². The summed E-state index contributed by atoms with van der Waals surface area (Å²) in [6, 6.07) is 19.9. The fourth-order valence-corrected chi connectivity index (χ4v) is 6.06. The predicted octanol–water partition coefficient (Wildman–Crippen LogP) is 8.75. The summed E-state index contributed by atoms with van der Waals surface area (Å²) in [7, 11) is 0. The molecule has 0 spiro atoms. The summed E-state index contributed by atoms with van der Waals surface area (Å²) in [6.45, 7) is 2.14. The number of fused-ring (bicyclic) bond motifs is 1. The summed E-state index contributed by atoms with van der Waals surface area (Å²) in [5, 5.41) is 10.1. The zero-order valence-electron chi connectivity index (χ0n) is 21.5. The number of rotatable bonds is 8. The monoisotopic (exact) mass is 573 g/mol. The Balaban J connectivity index is 0.00000370. The zero-order valence-corrected chi connectivity index (χ0v) is 22.3. The number of alkyl halides is 4. The van der Waals surface area contributed by atoms with Crippen molar-refractivity contribution in [1.29, 1.82) is 0 Å². The molecule has 1 saturated heterocycles. The van der Waals surface area contributed by atoms with E-state index in [-0.39, 0.29) is 42.6 Å². The number of aromatic hydroxyl groups is 1. The maximum Gasteiger partial charge on any atom is 0.446 e. The maximum atomic E-state index is 12.9. The van der Waals surface area contributed by atoms with Crippen molar-refractivity contribution in [3.8, 4) is 11.5 Å². The van der Waals surface area contributed by atoms with E-state index in [1.807, 2.05) is 30.3 Å². The van der Waals surface area contributed by atoms with Crippen molar-refractivity contribution < 1.29 is 27.4 Å². The number of likely N-dealkylation sites (tertiary alicyclic amines) is 1. The fraction of sp³-hybridized carbons (Fsp3) is 0.375. The lowest BCUT2D eigenvalue weighted by Crippen LogP contribution is -2.26. The number of nitrogens with zero attached hydrogens (tertiary/aromatic N) is 1. The Hall–Kier alpha value is -2.97. The first-order chi connectivity index (χ1) is 18.8. The molecule has 0 amide bonds. The molecule has 0 saturated carbocycles. The molecule has 0 bridgehead atoms. The molecule has 1 atom stereocenters. The number of benzene rings is 3. The van der Waals surface area contributed by atoms with Crippen LogP contribution >= 0.6 is 11.8 Å². The molecule has 1 heterocycles. The molecular weight excluding hydrogens is 538 g/mol. The van der Waals surface area contributed by atoms with E-state index < -0.39 is 5.51 Å². The third-order valence-corrected chi connectivity index (χ3v) is 7.99. The van der Waals surface area contributed by atoms with Crippen LogP contribution in [0.4, 0.5) is 17.6 Å². The molecule has 1 aliphatic heterocycles. The van der Waals surface area contributed by atoms with Gasteiger partial charge in [-0.2, -0.15) is 13.2 Å². The molecule has 8 heteroatoms. The maximum absolute atomic E-state index is 12.9. The molecule has 0 unspecified atom stereocenters. The third kappa shape index (κ3) is 7.40. The molecule has 2 aliphatic rings. The van der Waals surface area contributed by atoms with Gasteiger partial charge in [0.1, 0.15) is 17.6 Å². The van der Waals surface area contributed by atoms with Gasteiger partial charge in [0, 0.05) is 24.5 Å². The number of hydrogen-bond donors (Lipinski definition) is 1. The van der Waals surface area contributed by atoms with Gasteiger partial charge in [-0.3, -0.25) is 9.29 Å². The summed E-state index contributed by atoms with van der Waals surface area (Å²) in [6.07, 6.45) is 3.92. The lowest BCUT2D eigenvalue weighted by atomic mass is 9.88. The van der Waals surface area contributed by atoms with E-state index in [1.54, 1.807) is 24.3 Å². The highest BCUT2D eigenvalue weighted by molar-refractivity contribution is 8.00. The second-order valence-corrected chi connectivity index (χ2v) is 11.2. The normalized spacial score (nSPS) is 17.8. The van der Waals surface area contributed by atoms with Crippen LogP contribution in [0.25, 0.3) is 11.1 Å². The Morgan fingerprint density at radius 3 is 2.38 bits per heavy atom. The summed E-state index contributed by atoms with van der Waals surface area (Å²) in [4.78, 5) is 2.38. The van der Waals surface area contributed by atoms with Crippen molar-refractivity contribution in [2.45, 2.75) is 56.0 Å². The van der Waals surface area contributed by atoms with Crippen LogP contribution in [0.1, 0.15) is 55.4 Å². The van der Waals surface area contributed by atoms with Gasteiger partial charge in [-0.25, -0.2) is 0 Å². The van der Waals surface area contributed by atoms with Crippen LogP contribution in [0.5, 0.6) is 11.5 Å². The Morgan fingerprint density at radius 1 is 0.950 bits per heavy atom. The molecular formula is C32H35F4NO2S. The van der Waals surface area contributed by atoms with Gasteiger partial charge in [0.05, 0.1) is 6.67 Å². The number of aryl methyl sites for hydroxylation is 1. The SMILES string of the molecule is C.Oc1ccc2c(c1)CCCC(c1ccc(SC(F)(F)F)cc1)=C2c1ccc(O[C@H]2CCN(CCCF)C2)cc1. The summed E-state index contributed by atoms with van der Waals surface area (Å²) >= 11 is -0.112. The highest BCUT2D eigenvalue weighted by Crippen LogP contribution is 2.42. The number of thioether (sulfide) groups is 1. The van der Waals surface area contributed by atoms with E-state index in [4.69, 9.17) is 4.74 Å². The predicted molar refractivity (Wildman–Crippen MR) is 155 cm³/mol. The minimum absolute atomic E-state index is 0. The van der Waals surface area contributed by atoms with E-state index in [1.165, 1.54) is 12.1 Å². The number of hydrogen-bond acceptors (Lipinski definition) is 4. The third-order valence-electron chi connectivity index (χ3n) is 7.25. The van der Waals surface area contributed by atoms with Crippen molar-refractivity contribution in [3.05, 3.63) is 89.0 Å². The quantitative estimate of drug-likeness (QED) is 0.216. The van der Waals surface area contributed by atoms with Gasteiger partial charge >= 0.3 is 5.51 Å². The largest absolute Gasteiger partial charge is 0.508 e. The minimum Gasteiger partial charge on any atom is -0.508 e. The van der Waals surface area contributed by atoms with Crippen LogP contribution in [0.2, 0.25) is 0 Å². The lowest BCUT2D eigenvalue weighted by Gasteiger charge is -2.19. The van der Waals surface area contributed by atoms with Crippen LogP contribution < -0.4 is 4.74 Å². The summed E-state index contributed by atoms with van der Waals surface area (Å²) in [5.41, 5.74) is 1.68. The number of halogens is 4. The average molecular weight is 574 g/mol. The first-order valence-electron chi connectivity index (χ1n) is 13.3. The van der Waals surface area contributed by atoms with Crippen LogP contribution in [-0.2, 0) is 6.42 Å². The van der Waals surface area contributed by atoms with Crippen molar-refractivity contribution in [2.24, 2.45) is 0 Å². The smallest absolute Gasteiger partial charge is 0.446 e. The second kappa shape index (κ2) is 13.1. The molecule has 0 radical (unpaired) electrons. The zero-order chi connectivity index (χ0) is 27.4. The number of phenolic OH excluding ortho intramolecular Hbond substituents is 1. The van der Waals surface area contributed by atoms with E-state index in [0.29, 0.717) is 6.42 Å². The van der Waals surface area contributed by atoms with Crippen LogP contribution in [0.3, 0.4) is 0 Å². The highest BCUT2D eigenvalue weighted by Gasteiger charge is 2.29. The summed E-state index contributed by atoms with van der Waals surface area (Å²) < 4.78 is 57.3. The second-order valence-electron chi connectivity index (χ2n) is 10.0. The van der Waals surface area contributed by atoms with Gasteiger partial charge in [0.25, 0.3) is 0 Å². The highest BCUT2D eigenvalue weighted by atomic mass is 32.2. The Bertz CT molecular complexity index is 1310. The van der Waals surface area contributed by atoms with E-state index >= 15 is 0 Å². The molecule has 1 aliphatic carbocycles. The first-order valence-corrected chi connectivity index (χ1v) is 14.1. The van der Waals surface area contributed by atoms with Crippen molar-refractivity contribution >= 4 is 22.9 Å². The molecule has 40 heavy (non-hydrogen) atoms. The van der Waals surface area contributed by atoms with Gasteiger partial charge in [-0.1, -0.05) is 37.8 Å². The van der Waals surface area contributed by atoms with Gasteiger partial charge in [-0.15, -0.1) is 0 Å². The fourth-order valence-electron chi connectivity index (χ4n) is 5.52. The van der Waals surface area contributed by atoms with E-state index in [2.05, 4.69) is 4.90 Å². The van der Waals surface area contributed by atoms with Crippen LogP contribution in [0, 0.1) is 0 Å². The first kappa shape index (κ1) is 30.0. The minimum atomic E-state index is -4.33. The van der Waals surface area contributed by atoms with Gasteiger partial charge in [0.2, 0.25) is 0 Å². The van der Waals surface area contributed by atoms with Gasteiger partial charge < -0.3 is 9.84 Å². The standard InChI is InChI=1S/C31H31F4NO2S.CH4/c32-16-2-17-36-18-15-26(20-36)38-25-10-5-22(6-11-25)30-28(4-1-3-23-19-24(37)9-14-29(23)30)21-7-12-27(13-8-21)39-31(33,34)35;/h5-14,19,26,37H,1-4,15-18,20H2;1H4/t26-;/m0./s1. The molecule has 0 aromatic heterocycles. The van der Waals surface area contributed by atoms with Crippen molar-refractivity contribution in [2.75, 3.05) is 26.3 Å². The van der Waals surface area contributed by atoms with Crippen molar-refractivity contribution in [1.82, 2.24) is 4.90 Å². The number of phenols is 1. The summed E-state index contributed by atoms with van der Waals surface area (Å²) in [5.74, 6) is 0.984. The van der Waals surface area contributed by atoms with Crippen LogP contribution in [-0.4, -0.2) is 47.9 Å². The average Bonchev–Trinajstić information content (AvgIpc) is 3.26. The van der Waals surface area contributed by atoms with Crippen LogP contribution in [0.15, 0.2) is 71.6 Å². The van der Waals surface area contributed by atoms with Gasteiger partial charge in [0.15, 0.2) is 0 Å². The molecule has 5 rings (SSSR count). The van der Waals surface area contributed by atoms with E-state index in [9.17, 15) is 22.7 Å². The Labute approximate surface area is 237 Å². The molecule has 1 fully saturated rings. The van der Waals surface area contributed by atoms with Gasteiger partial charge in [-0.05, 0) is 114 Å². The molecule has 3 nitrogen and oxygen atoms in total. The molecule has 3 aromatic carbocycles. The Morgan fingerprint density at radius 2 is 1.68 bits per heavy atom. The molecule has 3 aromatic rings. The molecule has 1 N–H and O–H groups in total. The lowest BCUT2D eigenvalue weighted by molar-refractivity contribution is -0.0328. The Kier molecular flexibility index (Phi) is 9.85.